The normalized spacial score (nSPS) is 17.0. The monoisotopic (exact) mass is 380 g/mol. The molecule has 0 bridgehead atoms. The molecule has 6 nitrogen and oxygen atoms in total. The maximum Gasteiger partial charge on any atom is 0.409 e. The molecule has 1 fully saturated rings. The molecule has 0 saturated carbocycles. The molecule has 146 valence electrons. The van der Waals surface area contributed by atoms with Gasteiger partial charge in [0.2, 0.25) is 0 Å². The molecule has 1 amide bonds. The lowest BCUT2D eigenvalue weighted by atomic mass is 9.89. The number of carboxylic acids is 1. The van der Waals surface area contributed by atoms with Crippen molar-refractivity contribution in [2.75, 3.05) is 19.7 Å². The number of likely N-dealkylation sites (tertiary alicyclic amines) is 1. The third kappa shape index (κ3) is 3.03. The largest absolute Gasteiger partial charge is 0.480 e. The van der Waals surface area contributed by atoms with Gasteiger partial charge in [0.15, 0.2) is 5.54 Å². The van der Waals surface area contributed by atoms with Crippen LogP contribution in [-0.2, 0) is 9.53 Å². The molecule has 2 aromatic carbocycles. The van der Waals surface area contributed by atoms with E-state index >= 15 is 0 Å². The fourth-order valence-electron chi connectivity index (χ4n) is 4.26. The van der Waals surface area contributed by atoms with Crippen LogP contribution >= 0.6 is 0 Å². The maximum absolute atomic E-state index is 12.5. The van der Waals surface area contributed by atoms with Gasteiger partial charge >= 0.3 is 12.1 Å². The summed E-state index contributed by atoms with van der Waals surface area (Å²) < 4.78 is 5.59. The van der Waals surface area contributed by atoms with Gasteiger partial charge < -0.3 is 14.7 Å². The lowest BCUT2D eigenvalue weighted by Crippen LogP contribution is -2.75. The van der Waals surface area contributed by atoms with E-state index in [0.29, 0.717) is 0 Å². The van der Waals surface area contributed by atoms with Crippen molar-refractivity contribution >= 4 is 12.1 Å². The van der Waals surface area contributed by atoms with Crippen molar-refractivity contribution in [3.8, 4) is 11.1 Å². The summed E-state index contributed by atoms with van der Waals surface area (Å²) in [5, 5.41) is 12.6. The van der Waals surface area contributed by atoms with E-state index in [2.05, 4.69) is 29.6 Å². The SMILES string of the molecule is CC(C)NC1(C(=O)O)CN(C(=O)OCC2c3ccccc3-c3ccccc32)C1. The number of hydrogen-bond acceptors (Lipinski definition) is 4. The number of fused-ring (bicyclic) bond motifs is 3. The summed E-state index contributed by atoms with van der Waals surface area (Å²) in [4.78, 5) is 25.5. The molecule has 2 aliphatic rings. The Kier molecular flexibility index (Phi) is 4.59. The summed E-state index contributed by atoms with van der Waals surface area (Å²) >= 11 is 0. The number of carboxylic acid groups (broad SMARTS) is 1. The first-order valence-electron chi connectivity index (χ1n) is 9.52. The Morgan fingerprint density at radius 2 is 1.64 bits per heavy atom. The number of hydrogen-bond donors (Lipinski definition) is 2. The Balaban J connectivity index is 1.43. The highest BCUT2D eigenvalue weighted by Gasteiger charge is 2.52. The number of rotatable bonds is 5. The van der Waals surface area contributed by atoms with Crippen LogP contribution in [0, 0.1) is 0 Å². The van der Waals surface area contributed by atoms with Crippen LogP contribution in [0.4, 0.5) is 4.79 Å². The molecule has 4 rings (SSSR count). The summed E-state index contributed by atoms with van der Waals surface area (Å²) in [6.45, 7) is 4.23. The smallest absolute Gasteiger partial charge is 0.409 e. The zero-order valence-electron chi connectivity index (χ0n) is 16.0. The number of nitrogens with one attached hydrogen (secondary N) is 1. The van der Waals surface area contributed by atoms with E-state index in [1.54, 1.807) is 0 Å². The van der Waals surface area contributed by atoms with E-state index in [0.717, 1.165) is 11.1 Å². The molecule has 6 heteroatoms. The minimum absolute atomic E-state index is 0.00403. The molecule has 0 radical (unpaired) electrons. The number of carbonyl (C=O) groups is 2. The minimum atomic E-state index is -1.08. The Hall–Kier alpha value is -2.86. The van der Waals surface area contributed by atoms with Gasteiger partial charge in [-0.25, -0.2) is 4.79 Å². The van der Waals surface area contributed by atoms with Crippen molar-refractivity contribution < 1.29 is 19.4 Å². The number of benzene rings is 2. The molecular formula is C22H24N2O4. The number of ether oxygens (including phenoxy) is 1. The summed E-state index contributed by atoms with van der Waals surface area (Å²) in [7, 11) is 0. The van der Waals surface area contributed by atoms with Crippen LogP contribution in [0.15, 0.2) is 48.5 Å². The van der Waals surface area contributed by atoms with E-state index in [1.165, 1.54) is 16.0 Å². The molecule has 1 aliphatic heterocycles. The highest BCUT2D eigenvalue weighted by atomic mass is 16.6. The highest BCUT2D eigenvalue weighted by molar-refractivity contribution is 5.84. The third-order valence-corrected chi connectivity index (χ3v) is 5.49. The van der Waals surface area contributed by atoms with Gasteiger partial charge in [-0.2, -0.15) is 0 Å². The first-order chi connectivity index (χ1) is 13.4. The average Bonchev–Trinajstić information content (AvgIpc) is 2.96. The van der Waals surface area contributed by atoms with Crippen LogP contribution in [0.1, 0.15) is 30.9 Å². The summed E-state index contributed by atoms with van der Waals surface area (Å²) in [5.74, 6) is -0.945. The molecule has 0 unspecified atom stereocenters. The molecule has 2 aromatic rings. The van der Waals surface area contributed by atoms with Gasteiger partial charge in [0.25, 0.3) is 0 Å². The van der Waals surface area contributed by atoms with E-state index in [-0.39, 0.29) is 31.7 Å². The Morgan fingerprint density at radius 1 is 1.11 bits per heavy atom. The van der Waals surface area contributed by atoms with Crippen molar-refractivity contribution in [2.24, 2.45) is 0 Å². The Bertz CT molecular complexity index is 873. The lowest BCUT2D eigenvalue weighted by Gasteiger charge is -2.47. The van der Waals surface area contributed by atoms with E-state index in [9.17, 15) is 14.7 Å². The zero-order valence-corrected chi connectivity index (χ0v) is 16.0. The average molecular weight is 380 g/mol. The second-order valence-electron chi connectivity index (χ2n) is 7.85. The number of nitrogens with zero attached hydrogens (tertiary/aromatic N) is 1. The van der Waals surface area contributed by atoms with Gasteiger partial charge in [-0.1, -0.05) is 48.5 Å². The molecular weight excluding hydrogens is 356 g/mol. The van der Waals surface area contributed by atoms with Crippen molar-refractivity contribution in [3.63, 3.8) is 0 Å². The Labute approximate surface area is 164 Å². The van der Waals surface area contributed by atoms with E-state index < -0.39 is 17.6 Å². The van der Waals surface area contributed by atoms with Crippen LogP contribution < -0.4 is 5.32 Å². The number of carbonyl (C=O) groups excluding carboxylic acids is 1. The molecule has 1 saturated heterocycles. The van der Waals surface area contributed by atoms with Crippen LogP contribution in [-0.4, -0.2) is 53.3 Å². The Morgan fingerprint density at radius 3 is 2.14 bits per heavy atom. The van der Waals surface area contributed by atoms with Gasteiger partial charge in [0.05, 0.1) is 13.1 Å². The first-order valence-corrected chi connectivity index (χ1v) is 9.52. The second-order valence-corrected chi connectivity index (χ2v) is 7.85. The van der Waals surface area contributed by atoms with Crippen molar-refractivity contribution in [2.45, 2.75) is 31.3 Å². The molecule has 2 N–H and O–H groups in total. The standard InChI is InChI=1S/C22H24N2O4/c1-14(2)23-22(20(25)26)12-24(13-22)21(27)28-11-19-17-9-5-3-7-15(17)16-8-4-6-10-18(16)19/h3-10,14,19,23H,11-13H2,1-2H3,(H,25,26). The summed E-state index contributed by atoms with van der Waals surface area (Å²) in [6.07, 6.45) is -0.468. The molecule has 28 heavy (non-hydrogen) atoms. The quantitative estimate of drug-likeness (QED) is 0.833. The van der Waals surface area contributed by atoms with Gasteiger partial charge in [0, 0.05) is 12.0 Å². The van der Waals surface area contributed by atoms with E-state index in [1.807, 2.05) is 38.1 Å². The summed E-state index contributed by atoms with van der Waals surface area (Å²) in [5.41, 5.74) is 3.57. The van der Waals surface area contributed by atoms with Crippen LogP contribution in [0.2, 0.25) is 0 Å². The zero-order chi connectivity index (χ0) is 19.9. The van der Waals surface area contributed by atoms with Gasteiger partial charge in [-0.3, -0.25) is 10.1 Å². The third-order valence-electron chi connectivity index (χ3n) is 5.49. The van der Waals surface area contributed by atoms with Crippen molar-refractivity contribution in [1.29, 1.82) is 0 Å². The molecule has 0 aromatic heterocycles. The molecule has 0 atom stereocenters. The molecule has 1 heterocycles. The van der Waals surface area contributed by atoms with Gasteiger partial charge in [0.1, 0.15) is 6.61 Å². The lowest BCUT2D eigenvalue weighted by molar-refractivity contribution is -0.152. The number of amides is 1. The van der Waals surface area contributed by atoms with Crippen LogP contribution in [0.5, 0.6) is 0 Å². The van der Waals surface area contributed by atoms with Crippen LogP contribution in [0.25, 0.3) is 11.1 Å². The van der Waals surface area contributed by atoms with Crippen molar-refractivity contribution in [1.82, 2.24) is 10.2 Å². The fourth-order valence-corrected chi connectivity index (χ4v) is 4.26. The van der Waals surface area contributed by atoms with Gasteiger partial charge in [-0.15, -0.1) is 0 Å². The maximum atomic E-state index is 12.5. The highest BCUT2D eigenvalue weighted by Crippen LogP contribution is 2.44. The van der Waals surface area contributed by atoms with E-state index in [4.69, 9.17) is 4.74 Å². The predicted octanol–water partition coefficient (Wildman–Crippen LogP) is 3.07. The second kappa shape index (κ2) is 6.95. The number of aliphatic carboxylic acids is 1. The molecule has 0 spiro atoms. The first kappa shape index (κ1) is 18.5. The van der Waals surface area contributed by atoms with Crippen LogP contribution in [0.3, 0.4) is 0 Å². The minimum Gasteiger partial charge on any atom is -0.480 e. The van der Waals surface area contributed by atoms with Gasteiger partial charge in [-0.05, 0) is 36.1 Å². The topological polar surface area (TPSA) is 78.9 Å². The molecule has 1 aliphatic carbocycles. The van der Waals surface area contributed by atoms with Crippen molar-refractivity contribution in [3.05, 3.63) is 59.7 Å². The fraction of sp³-hybridized carbons (Fsp3) is 0.364. The predicted molar refractivity (Wildman–Crippen MR) is 105 cm³/mol. The summed E-state index contributed by atoms with van der Waals surface area (Å²) in [6, 6.07) is 16.3.